The van der Waals surface area contributed by atoms with E-state index in [4.69, 9.17) is 16.3 Å². The number of hydrogen-bond donors (Lipinski definition) is 1. The molecule has 0 aromatic heterocycles. The summed E-state index contributed by atoms with van der Waals surface area (Å²) in [4.78, 5) is 2.30. The van der Waals surface area contributed by atoms with Gasteiger partial charge in [0.15, 0.2) is 0 Å². The maximum absolute atomic E-state index is 12.6. The molecule has 0 radical (unpaired) electrons. The first-order valence-electron chi connectivity index (χ1n) is 7.71. The number of halogens is 1. The predicted octanol–water partition coefficient (Wildman–Crippen LogP) is 3.75. The molecule has 0 amide bonds. The summed E-state index contributed by atoms with van der Waals surface area (Å²) in [5.74, 6) is 0.251. The van der Waals surface area contributed by atoms with Gasteiger partial charge in [-0.2, -0.15) is 0 Å². The number of methoxy groups -OCH3 is 1. The van der Waals surface area contributed by atoms with Crippen molar-refractivity contribution in [2.45, 2.75) is 17.7 Å². The summed E-state index contributed by atoms with van der Waals surface area (Å²) in [6.07, 6.45) is 2.39. The molecule has 1 aliphatic rings. The van der Waals surface area contributed by atoms with Gasteiger partial charge in [0.25, 0.3) is 10.0 Å². The van der Waals surface area contributed by atoms with Crippen LogP contribution in [0.15, 0.2) is 47.4 Å². The standard InChI is InChI=1S/C17H19ClN2O3S/c1-23-16-9-4-13(18)12-17(16)24(21,22)19-14-5-7-15(8-6-14)20-10-2-3-11-20/h4-9,12,19H,2-3,10-11H2,1H3. The fourth-order valence-electron chi connectivity index (χ4n) is 2.79. The van der Waals surface area contributed by atoms with E-state index < -0.39 is 10.0 Å². The Bertz CT molecular complexity index is 816. The molecule has 1 aliphatic heterocycles. The Morgan fingerprint density at radius 1 is 1.08 bits per heavy atom. The Balaban J connectivity index is 1.83. The minimum atomic E-state index is -3.78. The molecule has 0 saturated carbocycles. The van der Waals surface area contributed by atoms with Gasteiger partial charge in [-0.25, -0.2) is 8.42 Å². The minimum absolute atomic E-state index is 0.0149. The zero-order valence-electron chi connectivity index (χ0n) is 13.3. The Morgan fingerprint density at radius 2 is 1.75 bits per heavy atom. The van der Waals surface area contributed by atoms with Crippen LogP contribution >= 0.6 is 11.6 Å². The summed E-state index contributed by atoms with van der Waals surface area (Å²) >= 11 is 5.92. The van der Waals surface area contributed by atoms with Gasteiger partial charge in [0.2, 0.25) is 0 Å². The third-order valence-electron chi connectivity index (χ3n) is 4.01. The average Bonchev–Trinajstić information content (AvgIpc) is 3.10. The van der Waals surface area contributed by atoms with Crippen LogP contribution in [0.5, 0.6) is 5.75 Å². The van der Waals surface area contributed by atoms with Crippen LogP contribution in [-0.2, 0) is 10.0 Å². The van der Waals surface area contributed by atoms with Crippen LogP contribution in [0.3, 0.4) is 0 Å². The van der Waals surface area contributed by atoms with Crippen LogP contribution in [0.2, 0.25) is 5.02 Å². The first-order valence-corrected chi connectivity index (χ1v) is 9.57. The van der Waals surface area contributed by atoms with Gasteiger partial charge >= 0.3 is 0 Å². The number of ether oxygens (including phenoxy) is 1. The lowest BCUT2D eigenvalue weighted by molar-refractivity contribution is 0.403. The number of anilines is 2. The van der Waals surface area contributed by atoms with Crippen molar-refractivity contribution in [2.24, 2.45) is 0 Å². The van der Waals surface area contributed by atoms with Gasteiger partial charge in [-0.15, -0.1) is 0 Å². The van der Waals surface area contributed by atoms with E-state index in [1.807, 2.05) is 12.1 Å². The molecule has 7 heteroatoms. The third kappa shape index (κ3) is 3.60. The van der Waals surface area contributed by atoms with Crippen molar-refractivity contribution in [3.8, 4) is 5.75 Å². The maximum Gasteiger partial charge on any atom is 0.265 e. The number of sulfonamides is 1. The number of rotatable bonds is 5. The molecule has 3 rings (SSSR count). The number of nitrogens with one attached hydrogen (secondary N) is 1. The maximum atomic E-state index is 12.6. The zero-order chi connectivity index (χ0) is 17.2. The summed E-state index contributed by atoms with van der Waals surface area (Å²) in [5, 5.41) is 0.334. The lowest BCUT2D eigenvalue weighted by Gasteiger charge is -2.18. The molecule has 1 saturated heterocycles. The highest BCUT2D eigenvalue weighted by Crippen LogP contribution is 2.29. The minimum Gasteiger partial charge on any atom is -0.495 e. The highest BCUT2D eigenvalue weighted by atomic mass is 35.5. The van der Waals surface area contributed by atoms with Crippen LogP contribution in [0, 0.1) is 0 Å². The topological polar surface area (TPSA) is 58.6 Å². The summed E-state index contributed by atoms with van der Waals surface area (Å²) in [7, 11) is -2.36. The van der Waals surface area contributed by atoms with Gasteiger partial charge in [0.1, 0.15) is 10.6 Å². The fraction of sp³-hybridized carbons (Fsp3) is 0.294. The molecule has 1 N–H and O–H groups in total. The lowest BCUT2D eigenvalue weighted by atomic mass is 10.2. The quantitative estimate of drug-likeness (QED) is 0.875. The second-order valence-corrected chi connectivity index (χ2v) is 7.73. The van der Waals surface area contributed by atoms with Crippen molar-refractivity contribution >= 4 is 33.0 Å². The van der Waals surface area contributed by atoms with Crippen LogP contribution in [0.4, 0.5) is 11.4 Å². The van der Waals surface area contributed by atoms with E-state index in [1.165, 1.54) is 32.1 Å². The summed E-state index contributed by atoms with van der Waals surface area (Å²) < 4.78 is 32.9. The van der Waals surface area contributed by atoms with Crippen LogP contribution in [-0.4, -0.2) is 28.6 Å². The van der Waals surface area contributed by atoms with Crippen molar-refractivity contribution < 1.29 is 13.2 Å². The molecule has 2 aromatic carbocycles. The van der Waals surface area contributed by atoms with E-state index in [-0.39, 0.29) is 10.6 Å². The molecule has 1 fully saturated rings. The zero-order valence-corrected chi connectivity index (χ0v) is 14.9. The number of benzene rings is 2. The van der Waals surface area contributed by atoms with E-state index >= 15 is 0 Å². The third-order valence-corrected chi connectivity index (χ3v) is 5.64. The molecule has 0 aliphatic carbocycles. The van der Waals surface area contributed by atoms with Crippen molar-refractivity contribution in [1.82, 2.24) is 0 Å². The Labute approximate surface area is 147 Å². The predicted molar refractivity (Wildman–Crippen MR) is 96.7 cm³/mol. The van der Waals surface area contributed by atoms with Gasteiger partial charge in [-0.3, -0.25) is 4.72 Å². The normalized spacial score (nSPS) is 14.7. The van der Waals surface area contributed by atoms with E-state index in [2.05, 4.69) is 9.62 Å². The molecular weight excluding hydrogens is 348 g/mol. The second-order valence-electron chi connectivity index (χ2n) is 5.64. The van der Waals surface area contributed by atoms with Gasteiger partial charge in [-0.1, -0.05) is 11.6 Å². The lowest BCUT2D eigenvalue weighted by Crippen LogP contribution is -2.17. The van der Waals surface area contributed by atoms with E-state index in [0.29, 0.717) is 10.7 Å². The molecular formula is C17H19ClN2O3S. The van der Waals surface area contributed by atoms with Gasteiger partial charge in [0, 0.05) is 29.5 Å². The highest BCUT2D eigenvalue weighted by Gasteiger charge is 2.20. The number of hydrogen-bond acceptors (Lipinski definition) is 4. The highest BCUT2D eigenvalue weighted by molar-refractivity contribution is 7.92. The monoisotopic (exact) mass is 366 g/mol. The summed E-state index contributed by atoms with van der Waals surface area (Å²) in [6, 6.07) is 11.9. The molecule has 128 valence electrons. The van der Waals surface area contributed by atoms with Crippen molar-refractivity contribution in [2.75, 3.05) is 29.8 Å². The van der Waals surface area contributed by atoms with Gasteiger partial charge in [-0.05, 0) is 55.3 Å². The van der Waals surface area contributed by atoms with Gasteiger partial charge in [0.05, 0.1) is 7.11 Å². The molecule has 2 aromatic rings. The van der Waals surface area contributed by atoms with Gasteiger partial charge < -0.3 is 9.64 Å². The number of nitrogens with zero attached hydrogens (tertiary/aromatic N) is 1. The largest absolute Gasteiger partial charge is 0.495 e. The van der Waals surface area contributed by atoms with E-state index in [1.54, 1.807) is 18.2 Å². The smallest absolute Gasteiger partial charge is 0.265 e. The average molecular weight is 367 g/mol. The SMILES string of the molecule is COc1ccc(Cl)cc1S(=O)(=O)Nc1ccc(N2CCCC2)cc1. The van der Waals surface area contributed by atoms with Crippen LogP contribution < -0.4 is 14.4 Å². The first-order chi connectivity index (χ1) is 11.5. The molecule has 0 atom stereocenters. The van der Waals surface area contributed by atoms with Crippen molar-refractivity contribution in [3.63, 3.8) is 0 Å². The van der Waals surface area contributed by atoms with E-state index in [0.717, 1.165) is 18.8 Å². The fourth-order valence-corrected chi connectivity index (χ4v) is 4.28. The van der Waals surface area contributed by atoms with Crippen molar-refractivity contribution in [1.29, 1.82) is 0 Å². The van der Waals surface area contributed by atoms with E-state index in [9.17, 15) is 8.42 Å². The Hall–Kier alpha value is -1.92. The Morgan fingerprint density at radius 3 is 2.38 bits per heavy atom. The molecule has 1 heterocycles. The second kappa shape index (κ2) is 6.91. The molecule has 0 unspecified atom stereocenters. The summed E-state index contributed by atoms with van der Waals surface area (Å²) in [6.45, 7) is 2.09. The molecule has 5 nitrogen and oxygen atoms in total. The molecule has 0 spiro atoms. The summed E-state index contributed by atoms with van der Waals surface area (Å²) in [5.41, 5.74) is 1.61. The Kier molecular flexibility index (Phi) is 4.87. The van der Waals surface area contributed by atoms with Crippen LogP contribution in [0.25, 0.3) is 0 Å². The molecule has 24 heavy (non-hydrogen) atoms. The van der Waals surface area contributed by atoms with Crippen LogP contribution in [0.1, 0.15) is 12.8 Å². The first kappa shape index (κ1) is 16.9. The van der Waals surface area contributed by atoms with Crippen molar-refractivity contribution in [3.05, 3.63) is 47.5 Å². The molecule has 0 bridgehead atoms.